The summed E-state index contributed by atoms with van der Waals surface area (Å²) in [6.07, 6.45) is 2.94. The largest absolute Gasteiger partial charge is 0.379 e. The molecule has 0 bridgehead atoms. The van der Waals surface area contributed by atoms with Gasteiger partial charge in [0, 0.05) is 24.6 Å². The van der Waals surface area contributed by atoms with Crippen molar-refractivity contribution in [2.75, 3.05) is 16.3 Å². The fourth-order valence-corrected chi connectivity index (χ4v) is 2.10. The molecular formula is C11H15N5O2S. The average molecular weight is 281 g/mol. The minimum absolute atomic E-state index is 0.535. The van der Waals surface area contributed by atoms with E-state index in [2.05, 4.69) is 20.4 Å². The van der Waals surface area contributed by atoms with E-state index in [1.165, 1.54) is 0 Å². The second kappa shape index (κ2) is 5.27. The summed E-state index contributed by atoms with van der Waals surface area (Å²) >= 11 is 0. The van der Waals surface area contributed by atoms with Gasteiger partial charge in [-0.05, 0) is 24.3 Å². The van der Waals surface area contributed by atoms with Crippen LogP contribution in [0.3, 0.4) is 0 Å². The van der Waals surface area contributed by atoms with Gasteiger partial charge in [0.15, 0.2) is 0 Å². The summed E-state index contributed by atoms with van der Waals surface area (Å²) in [5.74, 6) is 0. The zero-order valence-corrected chi connectivity index (χ0v) is 11.5. The Labute approximate surface area is 111 Å². The van der Waals surface area contributed by atoms with Gasteiger partial charge in [-0.1, -0.05) is 5.21 Å². The Morgan fingerprint density at radius 3 is 2.37 bits per heavy atom. The molecule has 1 aromatic heterocycles. The van der Waals surface area contributed by atoms with E-state index < -0.39 is 10.0 Å². The van der Waals surface area contributed by atoms with Crippen molar-refractivity contribution >= 4 is 21.4 Å². The fourth-order valence-electron chi connectivity index (χ4n) is 1.54. The molecule has 0 saturated carbocycles. The third-order valence-corrected chi connectivity index (χ3v) is 2.92. The predicted molar refractivity (Wildman–Crippen MR) is 73.2 cm³/mol. The summed E-state index contributed by atoms with van der Waals surface area (Å²) in [6, 6.07) is 6.98. The van der Waals surface area contributed by atoms with E-state index >= 15 is 0 Å². The summed E-state index contributed by atoms with van der Waals surface area (Å²) in [5.41, 5.74) is 2.25. The van der Waals surface area contributed by atoms with Gasteiger partial charge in [-0.15, -0.1) is 5.10 Å². The summed E-state index contributed by atoms with van der Waals surface area (Å²) in [4.78, 5) is 0. The highest BCUT2D eigenvalue weighted by Crippen LogP contribution is 2.14. The van der Waals surface area contributed by atoms with Crippen molar-refractivity contribution in [2.45, 2.75) is 6.54 Å². The van der Waals surface area contributed by atoms with Crippen molar-refractivity contribution < 1.29 is 8.42 Å². The Balaban J connectivity index is 1.95. The van der Waals surface area contributed by atoms with Crippen LogP contribution in [0, 0.1) is 0 Å². The second-order valence-corrected chi connectivity index (χ2v) is 5.94. The highest BCUT2D eigenvalue weighted by Gasteiger charge is 2.02. The lowest BCUT2D eigenvalue weighted by molar-refractivity contribution is 0.607. The number of nitrogens with zero attached hydrogens (tertiary/aromatic N) is 3. The molecule has 0 aliphatic carbocycles. The summed E-state index contributed by atoms with van der Waals surface area (Å²) < 4.78 is 26.1. The van der Waals surface area contributed by atoms with Crippen LogP contribution in [0.4, 0.5) is 11.4 Å². The molecule has 0 spiro atoms. The van der Waals surface area contributed by atoms with Gasteiger partial charge in [0.05, 0.1) is 12.8 Å². The number of hydrogen-bond acceptors (Lipinski definition) is 5. The summed E-state index contributed by atoms with van der Waals surface area (Å²) in [6.45, 7) is 0.562. The molecule has 0 fully saturated rings. The van der Waals surface area contributed by atoms with E-state index in [-0.39, 0.29) is 0 Å². The summed E-state index contributed by atoms with van der Waals surface area (Å²) in [7, 11) is -1.43. The van der Waals surface area contributed by atoms with E-state index in [1.54, 1.807) is 28.9 Å². The first-order valence-corrected chi connectivity index (χ1v) is 7.48. The van der Waals surface area contributed by atoms with E-state index in [0.29, 0.717) is 12.2 Å². The topological polar surface area (TPSA) is 88.9 Å². The molecule has 2 N–H and O–H groups in total. The van der Waals surface area contributed by atoms with Gasteiger partial charge in [0.25, 0.3) is 0 Å². The third-order valence-electron chi connectivity index (χ3n) is 2.31. The number of nitrogens with one attached hydrogen (secondary N) is 2. The number of anilines is 2. The van der Waals surface area contributed by atoms with Gasteiger partial charge in [-0.2, -0.15) is 0 Å². The predicted octanol–water partition coefficient (Wildman–Crippen LogP) is 0.799. The minimum atomic E-state index is -3.23. The van der Waals surface area contributed by atoms with Crippen molar-refractivity contribution in [3.63, 3.8) is 0 Å². The van der Waals surface area contributed by atoms with Gasteiger partial charge in [0.1, 0.15) is 5.69 Å². The monoisotopic (exact) mass is 281 g/mol. The van der Waals surface area contributed by atoms with Crippen molar-refractivity contribution in [1.82, 2.24) is 15.0 Å². The normalized spacial score (nSPS) is 11.3. The Kier molecular flexibility index (Phi) is 3.70. The maximum Gasteiger partial charge on any atom is 0.229 e. The summed E-state index contributed by atoms with van der Waals surface area (Å²) in [5, 5.41) is 11.0. The van der Waals surface area contributed by atoms with E-state index in [9.17, 15) is 8.42 Å². The van der Waals surface area contributed by atoms with Gasteiger partial charge in [-0.25, -0.2) is 8.42 Å². The van der Waals surface area contributed by atoms with Gasteiger partial charge in [-0.3, -0.25) is 9.40 Å². The standard InChI is InChI=1S/C11H15N5O2S/c1-16-8-11(13-15-16)7-12-9-3-5-10(6-4-9)14-19(2,17)18/h3-6,8,12,14H,7H2,1-2H3. The Bertz CT molecular complexity index is 648. The molecular weight excluding hydrogens is 266 g/mol. The van der Waals surface area contributed by atoms with Gasteiger partial charge in [0.2, 0.25) is 10.0 Å². The first-order valence-electron chi connectivity index (χ1n) is 5.59. The number of benzene rings is 1. The van der Waals surface area contributed by atoms with E-state index in [4.69, 9.17) is 0 Å². The molecule has 0 atom stereocenters. The molecule has 7 nitrogen and oxygen atoms in total. The molecule has 8 heteroatoms. The van der Waals surface area contributed by atoms with Crippen molar-refractivity contribution in [2.24, 2.45) is 7.05 Å². The molecule has 2 rings (SSSR count). The highest BCUT2D eigenvalue weighted by atomic mass is 32.2. The van der Waals surface area contributed by atoms with Gasteiger partial charge >= 0.3 is 0 Å². The maximum atomic E-state index is 11.1. The lowest BCUT2D eigenvalue weighted by Crippen LogP contribution is -2.09. The second-order valence-electron chi connectivity index (χ2n) is 4.19. The van der Waals surface area contributed by atoms with Crippen LogP contribution in [0.15, 0.2) is 30.5 Å². The lowest BCUT2D eigenvalue weighted by Gasteiger charge is -2.06. The zero-order valence-electron chi connectivity index (χ0n) is 10.7. The minimum Gasteiger partial charge on any atom is -0.379 e. The van der Waals surface area contributed by atoms with Crippen molar-refractivity contribution in [3.05, 3.63) is 36.2 Å². The third kappa shape index (κ3) is 4.25. The number of rotatable bonds is 5. The molecule has 0 radical (unpaired) electrons. The lowest BCUT2D eigenvalue weighted by atomic mass is 10.3. The first-order chi connectivity index (χ1) is 8.92. The van der Waals surface area contributed by atoms with Crippen LogP contribution >= 0.6 is 0 Å². The van der Waals surface area contributed by atoms with Crippen LogP contribution in [0.2, 0.25) is 0 Å². The molecule has 19 heavy (non-hydrogen) atoms. The van der Waals surface area contributed by atoms with Crippen LogP contribution < -0.4 is 10.0 Å². The smallest absolute Gasteiger partial charge is 0.229 e. The van der Waals surface area contributed by atoms with Crippen LogP contribution in [0.5, 0.6) is 0 Å². The van der Waals surface area contributed by atoms with Gasteiger partial charge < -0.3 is 5.32 Å². The Morgan fingerprint density at radius 2 is 1.84 bits per heavy atom. The molecule has 1 aromatic carbocycles. The van der Waals surface area contributed by atoms with E-state index in [0.717, 1.165) is 17.6 Å². The van der Waals surface area contributed by atoms with Crippen LogP contribution in [-0.2, 0) is 23.6 Å². The molecule has 0 aliphatic rings. The first kappa shape index (κ1) is 13.3. The van der Waals surface area contributed by atoms with Crippen molar-refractivity contribution in [3.8, 4) is 0 Å². The zero-order chi connectivity index (χ0) is 13.9. The van der Waals surface area contributed by atoms with Crippen LogP contribution in [-0.4, -0.2) is 29.7 Å². The molecule has 102 valence electrons. The molecule has 1 heterocycles. The fraction of sp³-hybridized carbons (Fsp3) is 0.273. The Morgan fingerprint density at radius 1 is 1.21 bits per heavy atom. The number of sulfonamides is 1. The Hall–Kier alpha value is -2.09. The highest BCUT2D eigenvalue weighted by molar-refractivity contribution is 7.92. The van der Waals surface area contributed by atoms with Crippen molar-refractivity contribution in [1.29, 1.82) is 0 Å². The molecule has 0 saturated heterocycles. The number of aryl methyl sites for hydroxylation is 1. The quantitative estimate of drug-likeness (QED) is 0.846. The maximum absolute atomic E-state index is 11.1. The average Bonchev–Trinajstić information content (AvgIpc) is 2.72. The van der Waals surface area contributed by atoms with E-state index in [1.807, 2.05) is 13.2 Å². The molecule has 0 amide bonds. The molecule has 0 unspecified atom stereocenters. The van der Waals surface area contributed by atoms with Crippen LogP contribution in [0.1, 0.15) is 5.69 Å². The molecule has 0 aliphatic heterocycles. The number of hydrogen-bond donors (Lipinski definition) is 2. The SMILES string of the molecule is Cn1cc(CNc2ccc(NS(C)(=O)=O)cc2)nn1. The number of aromatic nitrogens is 3. The van der Waals surface area contributed by atoms with Crippen LogP contribution in [0.25, 0.3) is 0 Å². The molecule has 2 aromatic rings.